The average Bonchev–Trinajstić information content (AvgIpc) is 3.04. The molecular formula is C12H16O2. The zero-order valence-electron chi connectivity index (χ0n) is 8.48. The van der Waals surface area contributed by atoms with Crippen molar-refractivity contribution < 1.29 is 9.47 Å². The van der Waals surface area contributed by atoms with Crippen molar-refractivity contribution in [3.05, 3.63) is 35.9 Å². The van der Waals surface area contributed by atoms with E-state index in [2.05, 4.69) is 19.1 Å². The van der Waals surface area contributed by atoms with Crippen molar-refractivity contribution in [3.8, 4) is 0 Å². The van der Waals surface area contributed by atoms with Gasteiger partial charge in [-0.25, -0.2) is 0 Å². The van der Waals surface area contributed by atoms with Crippen molar-refractivity contribution in [2.45, 2.75) is 25.6 Å². The van der Waals surface area contributed by atoms with Gasteiger partial charge in [-0.1, -0.05) is 37.3 Å². The van der Waals surface area contributed by atoms with Crippen LogP contribution >= 0.6 is 0 Å². The van der Waals surface area contributed by atoms with Crippen LogP contribution < -0.4 is 0 Å². The van der Waals surface area contributed by atoms with Crippen molar-refractivity contribution in [3.63, 3.8) is 0 Å². The standard InChI is InChI=1S/C12H16O2/c1-2-8-13-12(11-9-14-11)10-6-4-3-5-7-10/h3-7,11-12H,2,8-9H2,1H3. The van der Waals surface area contributed by atoms with Crippen LogP contribution in [0.5, 0.6) is 0 Å². The Labute approximate surface area is 84.8 Å². The van der Waals surface area contributed by atoms with Gasteiger partial charge in [0.15, 0.2) is 0 Å². The molecule has 0 spiro atoms. The average molecular weight is 192 g/mol. The van der Waals surface area contributed by atoms with Crippen LogP contribution in [0, 0.1) is 0 Å². The third-order valence-corrected chi connectivity index (χ3v) is 2.33. The van der Waals surface area contributed by atoms with Crippen LogP contribution in [0.3, 0.4) is 0 Å². The molecule has 0 bridgehead atoms. The van der Waals surface area contributed by atoms with Crippen molar-refractivity contribution in [2.24, 2.45) is 0 Å². The summed E-state index contributed by atoms with van der Waals surface area (Å²) in [6, 6.07) is 10.3. The molecular weight excluding hydrogens is 176 g/mol. The lowest BCUT2D eigenvalue weighted by Crippen LogP contribution is -2.11. The predicted octanol–water partition coefficient (Wildman–Crippen LogP) is 2.55. The fourth-order valence-electron chi connectivity index (χ4n) is 1.54. The van der Waals surface area contributed by atoms with Gasteiger partial charge in [0.2, 0.25) is 0 Å². The van der Waals surface area contributed by atoms with Gasteiger partial charge in [-0.2, -0.15) is 0 Å². The largest absolute Gasteiger partial charge is 0.371 e. The molecule has 0 amide bonds. The summed E-state index contributed by atoms with van der Waals surface area (Å²) in [5.74, 6) is 0. The monoisotopic (exact) mass is 192 g/mol. The molecule has 1 aliphatic heterocycles. The highest BCUT2D eigenvalue weighted by Gasteiger charge is 2.34. The Morgan fingerprint density at radius 1 is 1.43 bits per heavy atom. The maximum atomic E-state index is 5.78. The van der Waals surface area contributed by atoms with E-state index in [1.807, 2.05) is 18.2 Å². The van der Waals surface area contributed by atoms with E-state index in [0.717, 1.165) is 19.6 Å². The van der Waals surface area contributed by atoms with Gasteiger partial charge in [0.25, 0.3) is 0 Å². The highest BCUT2D eigenvalue weighted by molar-refractivity contribution is 5.19. The van der Waals surface area contributed by atoms with E-state index >= 15 is 0 Å². The molecule has 2 heteroatoms. The van der Waals surface area contributed by atoms with Crippen LogP contribution in [0.25, 0.3) is 0 Å². The molecule has 1 aromatic rings. The van der Waals surface area contributed by atoms with E-state index in [9.17, 15) is 0 Å². The summed E-state index contributed by atoms with van der Waals surface area (Å²) in [6.45, 7) is 3.76. The maximum Gasteiger partial charge on any atom is 0.111 e. The highest BCUT2D eigenvalue weighted by atomic mass is 16.6. The first-order valence-corrected chi connectivity index (χ1v) is 5.20. The summed E-state index contributed by atoms with van der Waals surface area (Å²) in [4.78, 5) is 0. The van der Waals surface area contributed by atoms with Gasteiger partial charge in [0.1, 0.15) is 12.2 Å². The van der Waals surface area contributed by atoms with Crippen LogP contribution in [0.2, 0.25) is 0 Å². The quantitative estimate of drug-likeness (QED) is 0.669. The maximum absolute atomic E-state index is 5.78. The molecule has 1 fully saturated rings. The van der Waals surface area contributed by atoms with Crippen LogP contribution in [0.4, 0.5) is 0 Å². The van der Waals surface area contributed by atoms with Crippen molar-refractivity contribution in [1.82, 2.24) is 0 Å². The van der Waals surface area contributed by atoms with Gasteiger partial charge < -0.3 is 9.47 Å². The molecule has 0 saturated carbocycles. The summed E-state index contributed by atoms with van der Waals surface area (Å²) < 4.78 is 11.1. The molecule has 0 N–H and O–H groups in total. The lowest BCUT2D eigenvalue weighted by atomic mass is 10.1. The van der Waals surface area contributed by atoms with Crippen molar-refractivity contribution in [1.29, 1.82) is 0 Å². The van der Waals surface area contributed by atoms with Gasteiger partial charge in [-0.15, -0.1) is 0 Å². The van der Waals surface area contributed by atoms with Crippen LogP contribution in [-0.2, 0) is 9.47 Å². The van der Waals surface area contributed by atoms with Crippen molar-refractivity contribution >= 4 is 0 Å². The van der Waals surface area contributed by atoms with E-state index in [0.29, 0.717) is 0 Å². The van der Waals surface area contributed by atoms with E-state index in [1.54, 1.807) is 0 Å². The molecule has 2 nitrogen and oxygen atoms in total. The van der Waals surface area contributed by atoms with Gasteiger partial charge in [0.05, 0.1) is 6.61 Å². The van der Waals surface area contributed by atoms with Crippen LogP contribution in [-0.4, -0.2) is 19.3 Å². The SMILES string of the molecule is CCCOC(c1ccccc1)C1CO1. The Hall–Kier alpha value is -0.860. The van der Waals surface area contributed by atoms with Gasteiger partial charge >= 0.3 is 0 Å². The number of hydrogen-bond donors (Lipinski definition) is 0. The first-order chi connectivity index (χ1) is 6.92. The van der Waals surface area contributed by atoms with Crippen LogP contribution in [0.1, 0.15) is 25.0 Å². The summed E-state index contributed by atoms with van der Waals surface area (Å²) in [7, 11) is 0. The zero-order valence-corrected chi connectivity index (χ0v) is 8.48. The normalized spacial score (nSPS) is 21.9. The molecule has 2 unspecified atom stereocenters. The minimum absolute atomic E-state index is 0.135. The molecule has 1 aromatic carbocycles. The molecule has 0 aromatic heterocycles. The topological polar surface area (TPSA) is 21.8 Å². The first-order valence-electron chi connectivity index (χ1n) is 5.20. The highest BCUT2D eigenvalue weighted by Crippen LogP contribution is 2.30. The summed E-state index contributed by atoms with van der Waals surface area (Å²) in [6.07, 6.45) is 1.47. The molecule has 1 aliphatic rings. The Bertz CT molecular complexity index is 267. The van der Waals surface area contributed by atoms with E-state index in [4.69, 9.17) is 9.47 Å². The fraction of sp³-hybridized carbons (Fsp3) is 0.500. The number of ether oxygens (including phenoxy) is 2. The minimum atomic E-state index is 0.135. The number of epoxide rings is 1. The third kappa shape index (κ3) is 2.34. The Balaban J connectivity index is 2.02. The number of hydrogen-bond acceptors (Lipinski definition) is 2. The Morgan fingerprint density at radius 2 is 2.14 bits per heavy atom. The molecule has 2 atom stereocenters. The van der Waals surface area contributed by atoms with E-state index < -0.39 is 0 Å². The fourth-order valence-corrected chi connectivity index (χ4v) is 1.54. The Morgan fingerprint density at radius 3 is 2.71 bits per heavy atom. The number of benzene rings is 1. The lowest BCUT2D eigenvalue weighted by molar-refractivity contribution is 0.0326. The molecule has 76 valence electrons. The van der Waals surface area contributed by atoms with E-state index in [1.165, 1.54) is 5.56 Å². The van der Waals surface area contributed by atoms with Crippen LogP contribution in [0.15, 0.2) is 30.3 Å². The summed E-state index contributed by atoms with van der Waals surface area (Å²) in [5, 5.41) is 0. The Kier molecular flexibility index (Phi) is 3.17. The zero-order chi connectivity index (χ0) is 9.80. The van der Waals surface area contributed by atoms with Gasteiger partial charge in [0, 0.05) is 6.61 Å². The lowest BCUT2D eigenvalue weighted by Gasteiger charge is -2.15. The third-order valence-electron chi connectivity index (χ3n) is 2.33. The molecule has 0 aliphatic carbocycles. The first kappa shape index (κ1) is 9.69. The second-order valence-corrected chi connectivity index (χ2v) is 3.57. The van der Waals surface area contributed by atoms with Gasteiger partial charge in [-0.05, 0) is 12.0 Å². The minimum Gasteiger partial charge on any atom is -0.371 e. The molecule has 1 saturated heterocycles. The van der Waals surface area contributed by atoms with E-state index in [-0.39, 0.29) is 12.2 Å². The molecule has 14 heavy (non-hydrogen) atoms. The molecule has 2 rings (SSSR count). The smallest absolute Gasteiger partial charge is 0.111 e. The molecule has 1 heterocycles. The predicted molar refractivity (Wildman–Crippen MR) is 55.2 cm³/mol. The van der Waals surface area contributed by atoms with Gasteiger partial charge in [-0.3, -0.25) is 0 Å². The second-order valence-electron chi connectivity index (χ2n) is 3.57. The second kappa shape index (κ2) is 4.58. The summed E-state index contributed by atoms with van der Waals surface area (Å²) in [5.41, 5.74) is 1.23. The summed E-state index contributed by atoms with van der Waals surface area (Å²) >= 11 is 0. The molecule has 0 radical (unpaired) electrons. The number of rotatable bonds is 5. The van der Waals surface area contributed by atoms with Crippen molar-refractivity contribution in [2.75, 3.05) is 13.2 Å².